The molecule has 0 aliphatic carbocycles. The van der Waals surface area contributed by atoms with Crippen molar-refractivity contribution in [1.29, 1.82) is 0 Å². The third-order valence-electron chi connectivity index (χ3n) is 2.26. The molecule has 2 aromatic heterocycles. The fourth-order valence-electron chi connectivity index (χ4n) is 1.47. The van der Waals surface area contributed by atoms with Gasteiger partial charge in [-0.15, -0.1) is 0 Å². The summed E-state index contributed by atoms with van der Waals surface area (Å²) >= 11 is 0. The zero-order chi connectivity index (χ0) is 13.8. The number of aromatic nitrogens is 3. The van der Waals surface area contributed by atoms with Crippen LogP contribution in [0, 0.1) is 0 Å². The van der Waals surface area contributed by atoms with Crippen LogP contribution in [0.1, 0.15) is 17.3 Å². The largest absolute Gasteiger partial charge is 0.462 e. The Kier molecular flexibility index (Phi) is 3.65. The number of carbonyl (C=O) groups is 1. The van der Waals surface area contributed by atoms with Gasteiger partial charge < -0.3 is 15.2 Å². The highest BCUT2D eigenvalue weighted by Crippen LogP contribution is 2.24. The summed E-state index contributed by atoms with van der Waals surface area (Å²) in [6, 6.07) is 1.47. The third kappa shape index (κ3) is 3.01. The maximum atomic E-state index is 11.8. The van der Waals surface area contributed by atoms with Gasteiger partial charge in [-0.2, -0.15) is 5.10 Å². The molecule has 2 rings (SSSR count). The number of anilines is 1. The molecule has 0 unspecified atom stereocenters. The van der Waals surface area contributed by atoms with Gasteiger partial charge in [0.1, 0.15) is 5.56 Å². The number of ether oxygens (including phenoxy) is 2. The van der Waals surface area contributed by atoms with Gasteiger partial charge in [-0.25, -0.2) is 9.78 Å². The first-order valence-electron chi connectivity index (χ1n) is 5.69. The first-order valence-corrected chi connectivity index (χ1v) is 5.69. The van der Waals surface area contributed by atoms with Gasteiger partial charge >= 0.3 is 5.97 Å². The van der Waals surface area contributed by atoms with E-state index in [0.717, 1.165) is 0 Å². The quantitative estimate of drug-likeness (QED) is 0.836. The fourth-order valence-corrected chi connectivity index (χ4v) is 1.47. The van der Waals surface area contributed by atoms with Crippen molar-refractivity contribution < 1.29 is 14.3 Å². The zero-order valence-corrected chi connectivity index (χ0v) is 10.7. The smallest absolute Gasteiger partial charge is 0.343 e. The molecule has 100 valence electrons. The average molecular weight is 262 g/mol. The van der Waals surface area contributed by atoms with Crippen molar-refractivity contribution in [2.75, 3.05) is 12.3 Å². The Morgan fingerprint density at radius 3 is 2.89 bits per heavy atom. The molecule has 0 fully saturated rings. The molecule has 0 amide bonds. The predicted octanol–water partition coefficient (Wildman–Crippen LogP) is 1.37. The minimum atomic E-state index is -0.527. The van der Waals surface area contributed by atoms with E-state index < -0.39 is 5.97 Å². The van der Waals surface area contributed by atoms with Crippen LogP contribution in [0.25, 0.3) is 0 Å². The molecular weight excluding hydrogens is 248 g/mol. The molecule has 0 radical (unpaired) electrons. The lowest BCUT2D eigenvalue weighted by atomic mass is 10.2. The Hall–Kier alpha value is -2.57. The topological polar surface area (TPSA) is 92.3 Å². The Labute approximate surface area is 110 Å². The normalized spacial score (nSPS) is 10.2. The van der Waals surface area contributed by atoms with Crippen LogP contribution in [-0.2, 0) is 11.8 Å². The summed E-state index contributed by atoms with van der Waals surface area (Å²) in [5, 5.41) is 3.96. The van der Waals surface area contributed by atoms with Crippen molar-refractivity contribution in [3.05, 3.63) is 30.2 Å². The molecular formula is C12H14N4O3. The highest BCUT2D eigenvalue weighted by Gasteiger charge is 2.17. The first-order chi connectivity index (χ1) is 9.10. The van der Waals surface area contributed by atoms with E-state index in [1.807, 2.05) is 0 Å². The lowest BCUT2D eigenvalue weighted by Gasteiger charge is -2.08. The van der Waals surface area contributed by atoms with Crippen LogP contribution in [0.5, 0.6) is 11.6 Å². The monoisotopic (exact) mass is 262 g/mol. The Balaban J connectivity index is 2.31. The number of carbonyl (C=O) groups excluding carboxylic acids is 1. The minimum absolute atomic E-state index is 0.139. The standard InChI is InChI=1S/C12H14N4O3/c1-3-18-12(17)10-4-8(13)5-14-11(10)19-9-6-15-16(2)7-9/h4-7H,3,13H2,1-2H3. The van der Waals surface area contributed by atoms with Crippen molar-refractivity contribution in [3.8, 4) is 11.6 Å². The molecule has 7 heteroatoms. The summed E-state index contributed by atoms with van der Waals surface area (Å²) in [4.78, 5) is 15.8. The highest BCUT2D eigenvalue weighted by atomic mass is 16.5. The maximum absolute atomic E-state index is 11.8. The number of esters is 1. The summed E-state index contributed by atoms with van der Waals surface area (Å²) in [6.45, 7) is 1.99. The lowest BCUT2D eigenvalue weighted by molar-refractivity contribution is 0.0523. The summed E-state index contributed by atoms with van der Waals surface area (Å²) in [6.07, 6.45) is 4.59. The van der Waals surface area contributed by atoms with Crippen molar-refractivity contribution in [1.82, 2.24) is 14.8 Å². The molecule has 0 saturated carbocycles. The van der Waals surface area contributed by atoms with E-state index in [1.165, 1.54) is 18.5 Å². The number of nitrogen functional groups attached to an aromatic ring is 1. The van der Waals surface area contributed by atoms with Gasteiger partial charge in [0.25, 0.3) is 0 Å². The van der Waals surface area contributed by atoms with E-state index in [-0.39, 0.29) is 18.1 Å². The average Bonchev–Trinajstić information content (AvgIpc) is 2.77. The van der Waals surface area contributed by atoms with Crippen LogP contribution in [0.2, 0.25) is 0 Å². The van der Waals surface area contributed by atoms with Gasteiger partial charge in [-0.3, -0.25) is 4.68 Å². The van der Waals surface area contributed by atoms with Gasteiger partial charge in [-0.05, 0) is 13.0 Å². The number of nitrogens with zero attached hydrogens (tertiary/aromatic N) is 3. The maximum Gasteiger partial charge on any atom is 0.343 e. The van der Waals surface area contributed by atoms with Crippen LogP contribution in [0.3, 0.4) is 0 Å². The van der Waals surface area contributed by atoms with Crippen LogP contribution < -0.4 is 10.5 Å². The van der Waals surface area contributed by atoms with Gasteiger partial charge in [-0.1, -0.05) is 0 Å². The third-order valence-corrected chi connectivity index (χ3v) is 2.26. The van der Waals surface area contributed by atoms with Crippen molar-refractivity contribution in [3.63, 3.8) is 0 Å². The molecule has 0 atom stereocenters. The Morgan fingerprint density at radius 1 is 1.47 bits per heavy atom. The van der Waals surface area contributed by atoms with E-state index in [2.05, 4.69) is 10.1 Å². The van der Waals surface area contributed by atoms with Crippen LogP contribution >= 0.6 is 0 Å². The summed E-state index contributed by atoms with van der Waals surface area (Å²) in [5.41, 5.74) is 6.17. The second-order valence-corrected chi connectivity index (χ2v) is 3.79. The number of pyridine rings is 1. The molecule has 0 bridgehead atoms. The molecule has 2 heterocycles. The van der Waals surface area contributed by atoms with E-state index >= 15 is 0 Å². The van der Waals surface area contributed by atoms with Gasteiger partial charge in [0.05, 0.1) is 30.9 Å². The molecule has 2 aromatic rings. The molecule has 0 aromatic carbocycles. The number of nitrogens with two attached hydrogens (primary N) is 1. The molecule has 19 heavy (non-hydrogen) atoms. The van der Waals surface area contributed by atoms with E-state index in [0.29, 0.717) is 11.4 Å². The Morgan fingerprint density at radius 2 is 2.26 bits per heavy atom. The van der Waals surface area contributed by atoms with Crippen LogP contribution in [-0.4, -0.2) is 27.3 Å². The van der Waals surface area contributed by atoms with Crippen molar-refractivity contribution in [2.45, 2.75) is 6.92 Å². The number of aryl methyl sites for hydroxylation is 1. The summed E-state index contributed by atoms with van der Waals surface area (Å²) in [5.74, 6) is 0.0900. The molecule has 0 spiro atoms. The zero-order valence-electron chi connectivity index (χ0n) is 10.7. The Bertz CT molecular complexity index is 594. The molecule has 0 aliphatic rings. The van der Waals surface area contributed by atoms with Crippen LogP contribution in [0.4, 0.5) is 5.69 Å². The second-order valence-electron chi connectivity index (χ2n) is 3.79. The lowest BCUT2D eigenvalue weighted by Crippen LogP contribution is -2.08. The number of rotatable bonds is 4. The van der Waals surface area contributed by atoms with Gasteiger partial charge in [0.15, 0.2) is 5.75 Å². The van der Waals surface area contributed by atoms with E-state index in [4.69, 9.17) is 15.2 Å². The summed E-state index contributed by atoms with van der Waals surface area (Å²) in [7, 11) is 1.76. The molecule has 0 saturated heterocycles. The highest BCUT2D eigenvalue weighted by molar-refractivity contribution is 5.92. The SMILES string of the molecule is CCOC(=O)c1cc(N)cnc1Oc1cnn(C)c1. The van der Waals surface area contributed by atoms with Gasteiger partial charge in [0, 0.05) is 7.05 Å². The molecule has 2 N–H and O–H groups in total. The second kappa shape index (κ2) is 5.38. The van der Waals surface area contributed by atoms with Crippen LogP contribution in [0.15, 0.2) is 24.7 Å². The van der Waals surface area contributed by atoms with Crippen molar-refractivity contribution in [2.24, 2.45) is 7.05 Å². The number of hydrogen-bond acceptors (Lipinski definition) is 6. The predicted molar refractivity (Wildman–Crippen MR) is 67.9 cm³/mol. The van der Waals surface area contributed by atoms with Crippen molar-refractivity contribution >= 4 is 11.7 Å². The van der Waals surface area contributed by atoms with E-state index in [9.17, 15) is 4.79 Å². The van der Waals surface area contributed by atoms with E-state index in [1.54, 1.807) is 24.9 Å². The van der Waals surface area contributed by atoms with Gasteiger partial charge in [0.2, 0.25) is 5.88 Å². The first kappa shape index (κ1) is 12.9. The fraction of sp³-hybridized carbons (Fsp3) is 0.250. The summed E-state index contributed by atoms with van der Waals surface area (Å²) < 4.78 is 12.0. The number of hydrogen-bond donors (Lipinski definition) is 1. The molecule has 0 aliphatic heterocycles. The molecule has 7 nitrogen and oxygen atoms in total. The minimum Gasteiger partial charge on any atom is -0.462 e.